The van der Waals surface area contributed by atoms with Gasteiger partial charge in [0.2, 0.25) is 5.91 Å². The zero-order valence-corrected chi connectivity index (χ0v) is 12.1. The minimum Gasteiger partial charge on any atom is -0.334 e. The highest BCUT2D eigenvalue weighted by molar-refractivity contribution is 7.12. The fourth-order valence-electron chi connectivity index (χ4n) is 2.74. The van der Waals surface area contributed by atoms with Crippen LogP contribution in [0.5, 0.6) is 0 Å². The minimum atomic E-state index is 0.0799. The summed E-state index contributed by atoms with van der Waals surface area (Å²) in [5.41, 5.74) is 1.23. The molecule has 0 radical (unpaired) electrons. The maximum absolute atomic E-state index is 12.2. The summed E-state index contributed by atoms with van der Waals surface area (Å²) in [5.74, 6) is 0.0799. The van der Waals surface area contributed by atoms with Gasteiger partial charge in [-0.15, -0.1) is 11.3 Å². The molecule has 1 fully saturated rings. The zero-order valence-electron chi connectivity index (χ0n) is 11.3. The lowest BCUT2D eigenvalue weighted by atomic mass is 10.1. The molecule has 1 atom stereocenters. The van der Waals surface area contributed by atoms with E-state index < -0.39 is 0 Å². The summed E-state index contributed by atoms with van der Waals surface area (Å²) in [6.07, 6.45) is 6.84. The van der Waals surface area contributed by atoms with Crippen LogP contribution in [0.15, 0.2) is 18.2 Å². The van der Waals surface area contributed by atoms with Gasteiger partial charge in [-0.2, -0.15) is 5.26 Å². The molecule has 0 bridgehead atoms. The number of fused-ring (bicyclic) bond motifs is 1. The SMILES string of the molecule is N#Cc1cc2c(s1)CN(C(=O)/C=C/C1CCCN1)CC2. The molecule has 20 heavy (non-hydrogen) atoms. The molecule has 5 heteroatoms. The monoisotopic (exact) mass is 287 g/mol. The molecule has 0 aliphatic carbocycles. The van der Waals surface area contributed by atoms with E-state index in [-0.39, 0.29) is 5.91 Å². The van der Waals surface area contributed by atoms with E-state index in [2.05, 4.69) is 11.4 Å². The third-order valence-electron chi connectivity index (χ3n) is 3.87. The lowest BCUT2D eigenvalue weighted by molar-refractivity contribution is -0.126. The lowest BCUT2D eigenvalue weighted by Crippen LogP contribution is -2.34. The van der Waals surface area contributed by atoms with Crippen molar-refractivity contribution in [2.24, 2.45) is 0 Å². The van der Waals surface area contributed by atoms with Crippen molar-refractivity contribution in [3.8, 4) is 6.07 Å². The number of nitriles is 1. The van der Waals surface area contributed by atoms with Gasteiger partial charge < -0.3 is 10.2 Å². The van der Waals surface area contributed by atoms with Crippen LogP contribution < -0.4 is 5.32 Å². The molecule has 1 saturated heterocycles. The van der Waals surface area contributed by atoms with Crippen molar-refractivity contribution in [3.63, 3.8) is 0 Å². The second kappa shape index (κ2) is 5.78. The van der Waals surface area contributed by atoms with Crippen LogP contribution in [0.2, 0.25) is 0 Å². The number of hydrogen-bond donors (Lipinski definition) is 1. The van der Waals surface area contributed by atoms with Crippen LogP contribution in [-0.2, 0) is 17.8 Å². The molecular formula is C15H17N3OS. The third-order valence-corrected chi connectivity index (χ3v) is 4.94. The van der Waals surface area contributed by atoms with E-state index in [0.717, 1.165) is 35.7 Å². The molecule has 104 valence electrons. The van der Waals surface area contributed by atoms with E-state index in [1.807, 2.05) is 17.0 Å². The van der Waals surface area contributed by atoms with Gasteiger partial charge >= 0.3 is 0 Å². The van der Waals surface area contributed by atoms with Gasteiger partial charge in [-0.1, -0.05) is 6.08 Å². The zero-order chi connectivity index (χ0) is 13.9. The molecule has 2 aliphatic heterocycles. The summed E-state index contributed by atoms with van der Waals surface area (Å²) in [4.78, 5) is 16.0. The largest absolute Gasteiger partial charge is 0.334 e. The van der Waals surface area contributed by atoms with Crippen LogP contribution >= 0.6 is 11.3 Å². The first-order chi connectivity index (χ1) is 9.76. The molecule has 1 aromatic heterocycles. The van der Waals surface area contributed by atoms with E-state index in [0.29, 0.717) is 12.6 Å². The van der Waals surface area contributed by atoms with Crippen LogP contribution in [0, 0.1) is 11.3 Å². The van der Waals surface area contributed by atoms with E-state index in [4.69, 9.17) is 5.26 Å². The number of carbonyl (C=O) groups excluding carboxylic acids is 1. The van der Waals surface area contributed by atoms with Crippen molar-refractivity contribution in [3.05, 3.63) is 33.5 Å². The van der Waals surface area contributed by atoms with Crippen molar-refractivity contribution in [1.29, 1.82) is 5.26 Å². The minimum absolute atomic E-state index is 0.0799. The number of nitrogens with one attached hydrogen (secondary N) is 1. The van der Waals surface area contributed by atoms with Crippen LogP contribution in [0.25, 0.3) is 0 Å². The van der Waals surface area contributed by atoms with E-state index in [1.54, 1.807) is 6.08 Å². The number of rotatable bonds is 2. The average molecular weight is 287 g/mol. The van der Waals surface area contributed by atoms with Gasteiger partial charge in [0.15, 0.2) is 0 Å². The fraction of sp³-hybridized carbons (Fsp3) is 0.467. The summed E-state index contributed by atoms with van der Waals surface area (Å²) in [5, 5.41) is 12.3. The van der Waals surface area contributed by atoms with E-state index in [9.17, 15) is 4.79 Å². The molecule has 3 rings (SSSR count). The van der Waals surface area contributed by atoms with Gasteiger partial charge in [0.25, 0.3) is 0 Å². The Morgan fingerprint density at radius 1 is 1.60 bits per heavy atom. The summed E-state index contributed by atoms with van der Waals surface area (Å²) in [6.45, 7) is 2.43. The summed E-state index contributed by atoms with van der Waals surface area (Å²) >= 11 is 1.51. The average Bonchev–Trinajstić information content (AvgIpc) is 3.12. The number of hydrogen-bond acceptors (Lipinski definition) is 4. The normalized spacial score (nSPS) is 21.9. The molecule has 0 saturated carbocycles. The number of thiophene rings is 1. The Labute approximate surface area is 122 Å². The smallest absolute Gasteiger partial charge is 0.246 e. The van der Waals surface area contributed by atoms with Crippen molar-refractivity contribution in [2.45, 2.75) is 31.8 Å². The van der Waals surface area contributed by atoms with Crippen LogP contribution in [0.3, 0.4) is 0 Å². The fourth-order valence-corrected chi connectivity index (χ4v) is 3.77. The van der Waals surface area contributed by atoms with Crippen molar-refractivity contribution in [2.75, 3.05) is 13.1 Å². The lowest BCUT2D eigenvalue weighted by Gasteiger charge is -2.25. The molecule has 3 heterocycles. The highest BCUT2D eigenvalue weighted by atomic mass is 32.1. The second-order valence-electron chi connectivity index (χ2n) is 5.24. The predicted octanol–water partition coefficient (Wildman–Crippen LogP) is 1.81. The van der Waals surface area contributed by atoms with Crippen LogP contribution in [0.1, 0.15) is 28.2 Å². The maximum atomic E-state index is 12.2. The Hall–Kier alpha value is -1.64. The van der Waals surface area contributed by atoms with Crippen LogP contribution in [-0.4, -0.2) is 29.9 Å². The Balaban J connectivity index is 1.64. The number of carbonyl (C=O) groups is 1. The van der Waals surface area contributed by atoms with Gasteiger partial charge in [0.1, 0.15) is 10.9 Å². The Morgan fingerprint density at radius 2 is 2.50 bits per heavy atom. The molecule has 0 aromatic carbocycles. The first-order valence-corrected chi connectivity index (χ1v) is 7.80. The van der Waals surface area contributed by atoms with Gasteiger partial charge in [-0.05, 0) is 37.4 Å². The predicted molar refractivity (Wildman–Crippen MR) is 78.3 cm³/mol. The summed E-state index contributed by atoms with van der Waals surface area (Å²) in [7, 11) is 0. The van der Waals surface area contributed by atoms with Gasteiger partial charge in [-0.25, -0.2) is 0 Å². The summed E-state index contributed by atoms with van der Waals surface area (Å²) in [6, 6.07) is 4.49. The third kappa shape index (κ3) is 2.77. The van der Waals surface area contributed by atoms with Crippen LogP contribution in [0.4, 0.5) is 0 Å². The molecule has 2 aliphatic rings. The molecule has 1 aromatic rings. The molecular weight excluding hydrogens is 270 g/mol. The van der Waals surface area contributed by atoms with E-state index >= 15 is 0 Å². The molecule has 0 spiro atoms. The molecule has 1 N–H and O–H groups in total. The molecule has 4 nitrogen and oxygen atoms in total. The first kappa shape index (κ1) is 13.3. The molecule has 1 unspecified atom stereocenters. The maximum Gasteiger partial charge on any atom is 0.246 e. The highest BCUT2D eigenvalue weighted by Gasteiger charge is 2.22. The van der Waals surface area contributed by atoms with Gasteiger partial charge in [0.05, 0.1) is 6.54 Å². The topological polar surface area (TPSA) is 56.1 Å². The highest BCUT2D eigenvalue weighted by Crippen LogP contribution is 2.27. The van der Waals surface area contributed by atoms with Gasteiger partial charge in [0, 0.05) is 23.5 Å². The Morgan fingerprint density at radius 3 is 3.25 bits per heavy atom. The number of nitrogens with zero attached hydrogens (tertiary/aromatic N) is 2. The quantitative estimate of drug-likeness (QED) is 0.844. The number of amides is 1. The van der Waals surface area contributed by atoms with Crippen molar-refractivity contribution < 1.29 is 4.79 Å². The molecule has 1 amide bonds. The Bertz CT molecular complexity index is 578. The Kier molecular flexibility index (Phi) is 3.86. The van der Waals surface area contributed by atoms with Crippen molar-refractivity contribution in [1.82, 2.24) is 10.2 Å². The summed E-state index contributed by atoms with van der Waals surface area (Å²) < 4.78 is 0. The van der Waals surface area contributed by atoms with Crippen molar-refractivity contribution >= 4 is 17.2 Å². The standard InChI is InChI=1S/C15H17N3OS/c16-9-13-8-11-5-7-18(10-14(11)20-13)15(19)4-3-12-2-1-6-17-12/h3-4,8,12,17H,1-2,5-7,10H2/b4-3+. The first-order valence-electron chi connectivity index (χ1n) is 6.98. The second-order valence-corrected chi connectivity index (χ2v) is 6.38. The van der Waals surface area contributed by atoms with Gasteiger partial charge in [-0.3, -0.25) is 4.79 Å². The van der Waals surface area contributed by atoms with E-state index in [1.165, 1.54) is 23.3 Å².